The van der Waals surface area contributed by atoms with Crippen molar-refractivity contribution in [1.82, 2.24) is 19.9 Å². The van der Waals surface area contributed by atoms with Gasteiger partial charge in [0.2, 0.25) is 5.91 Å². The quantitative estimate of drug-likeness (QED) is 0.775. The first-order chi connectivity index (χ1) is 11.0. The second kappa shape index (κ2) is 5.56. The van der Waals surface area contributed by atoms with Crippen LogP contribution < -0.4 is 4.90 Å². The van der Waals surface area contributed by atoms with Crippen LogP contribution in [0.1, 0.15) is 26.3 Å². The smallest absolute Gasteiger partial charge is 0.237 e. The number of nitrogens with one attached hydrogen (secondary N) is 1. The standard InChI is InChI=1S/C17H17N5O.ClH/c1-4-22-14-8-13-12(7-10(14)17(2,3)16(22)23)20-15(21-13)11-5-6-18-9-19-11;/h5-9H,4H2,1-3H3,(H,20,21);1H. The molecule has 1 aliphatic heterocycles. The molecule has 1 aliphatic rings. The van der Waals surface area contributed by atoms with Crippen molar-refractivity contribution in [3.8, 4) is 11.5 Å². The third-order valence-corrected chi connectivity index (χ3v) is 4.48. The molecule has 1 N–H and O–H groups in total. The number of H-pyrrole nitrogens is 1. The summed E-state index contributed by atoms with van der Waals surface area (Å²) in [4.78, 5) is 30.5. The third-order valence-electron chi connectivity index (χ3n) is 4.48. The summed E-state index contributed by atoms with van der Waals surface area (Å²) in [6.07, 6.45) is 3.19. The number of anilines is 1. The topological polar surface area (TPSA) is 74.8 Å². The van der Waals surface area contributed by atoms with Crippen LogP contribution in [-0.2, 0) is 10.2 Å². The summed E-state index contributed by atoms with van der Waals surface area (Å²) < 4.78 is 0. The summed E-state index contributed by atoms with van der Waals surface area (Å²) in [6.45, 7) is 6.59. The van der Waals surface area contributed by atoms with Crippen LogP contribution in [0.3, 0.4) is 0 Å². The Balaban J connectivity index is 0.00000169. The molecule has 0 saturated heterocycles. The lowest BCUT2D eigenvalue weighted by atomic mass is 9.86. The number of benzene rings is 1. The lowest BCUT2D eigenvalue weighted by Gasteiger charge is -2.18. The molecule has 2 aromatic heterocycles. The number of likely N-dealkylation sites (N-methyl/N-ethyl adjacent to an activating group) is 1. The van der Waals surface area contributed by atoms with Crippen LogP contribution in [0.5, 0.6) is 0 Å². The van der Waals surface area contributed by atoms with Crippen molar-refractivity contribution in [2.75, 3.05) is 11.4 Å². The Morgan fingerprint density at radius 2 is 2.08 bits per heavy atom. The maximum atomic E-state index is 12.6. The molecule has 3 aromatic rings. The number of hydrogen-bond donors (Lipinski definition) is 1. The predicted molar refractivity (Wildman–Crippen MR) is 95.4 cm³/mol. The molecule has 3 heterocycles. The van der Waals surface area contributed by atoms with E-state index in [1.807, 2.05) is 43.9 Å². The zero-order valence-electron chi connectivity index (χ0n) is 13.7. The second-order valence-electron chi connectivity index (χ2n) is 6.24. The molecule has 0 fully saturated rings. The van der Waals surface area contributed by atoms with Gasteiger partial charge in [-0.15, -0.1) is 12.4 Å². The first-order valence-electron chi connectivity index (χ1n) is 7.65. The Morgan fingerprint density at radius 1 is 1.29 bits per heavy atom. The van der Waals surface area contributed by atoms with E-state index in [0.717, 1.165) is 28.0 Å². The summed E-state index contributed by atoms with van der Waals surface area (Å²) in [7, 11) is 0. The van der Waals surface area contributed by atoms with Gasteiger partial charge in [-0.3, -0.25) is 4.79 Å². The number of halogens is 1. The second-order valence-corrected chi connectivity index (χ2v) is 6.24. The number of carbonyl (C=O) groups excluding carboxylic acids is 1. The summed E-state index contributed by atoms with van der Waals surface area (Å²) in [6, 6.07) is 5.84. The van der Waals surface area contributed by atoms with Crippen LogP contribution >= 0.6 is 12.4 Å². The van der Waals surface area contributed by atoms with E-state index >= 15 is 0 Å². The van der Waals surface area contributed by atoms with Gasteiger partial charge < -0.3 is 9.88 Å². The molecular formula is C17H18ClN5O. The third kappa shape index (κ3) is 2.17. The summed E-state index contributed by atoms with van der Waals surface area (Å²) >= 11 is 0. The number of nitrogens with zero attached hydrogens (tertiary/aromatic N) is 4. The van der Waals surface area contributed by atoms with Gasteiger partial charge in [0.05, 0.1) is 22.1 Å². The minimum absolute atomic E-state index is 0. The number of imidazole rings is 1. The highest BCUT2D eigenvalue weighted by atomic mass is 35.5. The predicted octanol–water partition coefficient (Wildman–Crippen LogP) is 3.09. The Kier molecular flexibility index (Phi) is 3.80. The molecule has 1 amide bonds. The number of carbonyl (C=O) groups is 1. The van der Waals surface area contributed by atoms with Crippen LogP contribution in [-0.4, -0.2) is 32.4 Å². The van der Waals surface area contributed by atoms with Gasteiger partial charge in [0.15, 0.2) is 5.82 Å². The number of fused-ring (bicyclic) bond motifs is 2. The summed E-state index contributed by atoms with van der Waals surface area (Å²) in [5.41, 5.74) is 3.97. The van der Waals surface area contributed by atoms with E-state index in [9.17, 15) is 4.79 Å². The molecular weight excluding hydrogens is 326 g/mol. The Labute approximate surface area is 145 Å². The van der Waals surface area contributed by atoms with Crippen molar-refractivity contribution < 1.29 is 4.79 Å². The van der Waals surface area contributed by atoms with Gasteiger partial charge in [0.25, 0.3) is 0 Å². The van der Waals surface area contributed by atoms with Gasteiger partial charge in [-0.1, -0.05) is 0 Å². The molecule has 24 heavy (non-hydrogen) atoms. The highest BCUT2D eigenvalue weighted by molar-refractivity contribution is 6.09. The van der Waals surface area contributed by atoms with Crippen molar-refractivity contribution in [2.45, 2.75) is 26.2 Å². The molecule has 0 radical (unpaired) electrons. The van der Waals surface area contributed by atoms with Crippen molar-refractivity contribution in [3.05, 3.63) is 36.3 Å². The highest BCUT2D eigenvalue weighted by Gasteiger charge is 2.43. The average molecular weight is 344 g/mol. The van der Waals surface area contributed by atoms with E-state index in [1.54, 1.807) is 6.20 Å². The van der Waals surface area contributed by atoms with E-state index in [0.29, 0.717) is 12.4 Å². The van der Waals surface area contributed by atoms with Gasteiger partial charge >= 0.3 is 0 Å². The zero-order chi connectivity index (χ0) is 16.2. The summed E-state index contributed by atoms with van der Waals surface area (Å²) in [5, 5.41) is 0. The number of aromatic amines is 1. The van der Waals surface area contributed by atoms with E-state index in [4.69, 9.17) is 0 Å². The monoisotopic (exact) mass is 343 g/mol. The van der Waals surface area contributed by atoms with Crippen LogP contribution in [0.25, 0.3) is 22.6 Å². The molecule has 4 rings (SSSR count). The zero-order valence-corrected chi connectivity index (χ0v) is 14.5. The van der Waals surface area contributed by atoms with Crippen molar-refractivity contribution >= 4 is 35.0 Å². The molecule has 7 heteroatoms. The molecule has 0 atom stereocenters. The fourth-order valence-electron chi connectivity index (χ4n) is 3.20. The SMILES string of the molecule is CCN1C(=O)C(C)(C)c2cc3[nH]c(-c4ccncn4)nc3cc21.Cl. The fraction of sp³-hybridized carbons (Fsp3) is 0.294. The normalized spacial score (nSPS) is 15.5. The molecule has 1 aromatic carbocycles. The lowest BCUT2D eigenvalue weighted by Crippen LogP contribution is -2.35. The van der Waals surface area contributed by atoms with E-state index < -0.39 is 5.41 Å². The van der Waals surface area contributed by atoms with E-state index in [1.165, 1.54) is 6.33 Å². The van der Waals surface area contributed by atoms with Gasteiger partial charge in [-0.25, -0.2) is 15.0 Å². The van der Waals surface area contributed by atoms with Crippen molar-refractivity contribution in [1.29, 1.82) is 0 Å². The van der Waals surface area contributed by atoms with Crippen molar-refractivity contribution in [2.24, 2.45) is 0 Å². The fourth-order valence-corrected chi connectivity index (χ4v) is 3.20. The minimum atomic E-state index is -0.514. The largest absolute Gasteiger partial charge is 0.337 e. The number of hydrogen-bond acceptors (Lipinski definition) is 4. The van der Waals surface area contributed by atoms with Gasteiger partial charge in [-0.05, 0) is 44.5 Å². The molecule has 0 aliphatic carbocycles. The number of amides is 1. The Bertz CT molecular complexity index is 919. The highest BCUT2D eigenvalue weighted by Crippen LogP contribution is 2.43. The van der Waals surface area contributed by atoms with Gasteiger partial charge in [-0.2, -0.15) is 0 Å². The average Bonchev–Trinajstić information content (AvgIpc) is 3.05. The minimum Gasteiger partial charge on any atom is -0.337 e. The van der Waals surface area contributed by atoms with Gasteiger partial charge in [0, 0.05) is 12.7 Å². The first-order valence-corrected chi connectivity index (χ1v) is 7.65. The molecule has 0 unspecified atom stereocenters. The maximum Gasteiger partial charge on any atom is 0.237 e. The molecule has 0 spiro atoms. The molecule has 6 nitrogen and oxygen atoms in total. The molecule has 0 bridgehead atoms. The van der Waals surface area contributed by atoms with E-state index in [-0.39, 0.29) is 18.3 Å². The molecule has 0 saturated carbocycles. The van der Waals surface area contributed by atoms with Crippen LogP contribution in [0.2, 0.25) is 0 Å². The van der Waals surface area contributed by atoms with Crippen LogP contribution in [0.15, 0.2) is 30.7 Å². The number of aromatic nitrogens is 4. The number of rotatable bonds is 2. The van der Waals surface area contributed by atoms with Gasteiger partial charge in [0.1, 0.15) is 12.0 Å². The van der Waals surface area contributed by atoms with Crippen molar-refractivity contribution in [3.63, 3.8) is 0 Å². The first kappa shape index (κ1) is 16.4. The Hall–Kier alpha value is -2.47. The Morgan fingerprint density at radius 3 is 2.75 bits per heavy atom. The van der Waals surface area contributed by atoms with E-state index in [2.05, 4.69) is 19.9 Å². The summed E-state index contributed by atoms with van der Waals surface area (Å²) in [5.74, 6) is 0.844. The molecule has 124 valence electrons. The maximum absolute atomic E-state index is 12.6. The lowest BCUT2D eigenvalue weighted by molar-refractivity contribution is -0.122. The van der Waals surface area contributed by atoms with Crippen LogP contribution in [0, 0.1) is 0 Å². The van der Waals surface area contributed by atoms with Crippen LogP contribution in [0.4, 0.5) is 5.69 Å².